The van der Waals surface area contributed by atoms with Crippen molar-refractivity contribution >= 4 is 43.8 Å². The van der Waals surface area contributed by atoms with E-state index in [0.29, 0.717) is 38.9 Å². The van der Waals surface area contributed by atoms with E-state index in [4.69, 9.17) is 8.83 Å². The van der Waals surface area contributed by atoms with Gasteiger partial charge in [-0.1, -0.05) is 0 Å². The molecule has 3 aromatic heterocycles. The molecule has 0 spiro atoms. The van der Waals surface area contributed by atoms with Gasteiger partial charge in [-0.05, 0) is 66.2 Å². The molecule has 0 saturated carbocycles. The molecule has 43 heavy (non-hydrogen) atoms. The second-order valence-corrected chi connectivity index (χ2v) is 11.8. The van der Waals surface area contributed by atoms with Gasteiger partial charge in [0.25, 0.3) is 5.91 Å². The van der Waals surface area contributed by atoms with Gasteiger partial charge in [-0.3, -0.25) is 9.10 Å². The molecule has 0 aliphatic heterocycles. The molecule has 3 heterocycles. The number of hydrogen-bond donors (Lipinski definition) is 1. The quantitative estimate of drug-likeness (QED) is 0.257. The van der Waals surface area contributed by atoms with Crippen LogP contribution in [0.5, 0.6) is 0 Å². The fraction of sp³-hybridized carbons (Fsp3) is 0.0968. The summed E-state index contributed by atoms with van der Waals surface area (Å²) in [5, 5.41) is 12.9. The highest BCUT2D eigenvalue weighted by Crippen LogP contribution is 2.42. The smallest absolute Gasteiger partial charge is 0.255 e. The van der Waals surface area contributed by atoms with Gasteiger partial charge in [-0.15, -0.1) is 0 Å². The number of anilines is 1. The van der Waals surface area contributed by atoms with Crippen molar-refractivity contribution in [2.75, 3.05) is 24.7 Å². The number of furan rings is 1. The average molecular weight is 596 g/mol. The molecule has 1 N–H and O–H groups in total. The van der Waals surface area contributed by atoms with Crippen LogP contribution in [0.15, 0.2) is 81.8 Å². The van der Waals surface area contributed by atoms with Crippen molar-refractivity contribution in [1.29, 1.82) is 5.26 Å². The first-order valence-electron chi connectivity index (χ1n) is 12.9. The summed E-state index contributed by atoms with van der Waals surface area (Å²) in [6.07, 6.45) is 2.65. The number of hydrogen-bond acceptors (Lipinski definition) is 8. The molecule has 0 atom stereocenters. The predicted molar refractivity (Wildman–Crippen MR) is 159 cm³/mol. The molecule has 6 aromatic rings. The Kier molecular flexibility index (Phi) is 6.67. The summed E-state index contributed by atoms with van der Waals surface area (Å²) in [6.45, 7) is 0. The minimum Gasteiger partial charge on any atom is -0.455 e. The fourth-order valence-corrected chi connectivity index (χ4v) is 5.33. The van der Waals surface area contributed by atoms with Crippen LogP contribution in [0.2, 0.25) is 0 Å². The van der Waals surface area contributed by atoms with Gasteiger partial charge in [-0.2, -0.15) is 10.2 Å². The highest BCUT2D eigenvalue weighted by Gasteiger charge is 2.26. The number of aromatic nitrogens is 2. The van der Waals surface area contributed by atoms with Crippen molar-refractivity contribution in [3.05, 3.63) is 89.9 Å². The van der Waals surface area contributed by atoms with Gasteiger partial charge >= 0.3 is 0 Å². The predicted octanol–water partition coefficient (Wildman–Crippen LogP) is 5.74. The number of benzene rings is 3. The van der Waals surface area contributed by atoms with Gasteiger partial charge in [0.15, 0.2) is 11.2 Å². The van der Waals surface area contributed by atoms with E-state index in [2.05, 4.69) is 21.4 Å². The Labute approximate surface area is 245 Å². The summed E-state index contributed by atoms with van der Waals surface area (Å²) in [6, 6.07) is 19.1. The average Bonchev–Trinajstić information content (AvgIpc) is 3.61. The summed E-state index contributed by atoms with van der Waals surface area (Å²) in [7, 11) is -0.899. The van der Waals surface area contributed by atoms with Gasteiger partial charge in [0.05, 0.1) is 29.1 Å². The number of carbonyl (C=O) groups excluding carboxylic acids is 1. The van der Waals surface area contributed by atoms with Crippen LogP contribution in [-0.4, -0.2) is 44.6 Å². The minimum atomic E-state index is -3.76. The number of nitrogens with one attached hydrogen (secondary N) is 1. The fourth-order valence-electron chi connectivity index (χ4n) is 4.82. The van der Waals surface area contributed by atoms with Crippen molar-refractivity contribution in [3.63, 3.8) is 0 Å². The van der Waals surface area contributed by atoms with E-state index in [-0.39, 0.29) is 34.0 Å². The highest BCUT2D eigenvalue weighted by molar-refractivity contribution is 7.92. The number of carbonyl (C=O) groups is 1. The molecule has 0 radical (unpaired) electrons. The first-order valence-corrected chi connectivity index (χ1v) is 14.7. The van der Waals surface area contributed by atoms with Crippen molar-refractivity contribution in [1.82, 2.24) is 15.3 Å². The third kappa shape index (κ3) is 4.96. The van der Waals surface area contributed by atoms with E-state index >= 15 is 0 Å². The summed E-state index contributed by atoms with van der Waals surface area (Å²) < 4.78 is 52.3. The van der Waals surface area contributed by atoms with Crippen LogP contribution >= 0.6 is 0 Å². The lowest BCUT2D eigenvalue weighted by Gasteiger charge is -2.21. The van der Waals surface area contributed by atoms with E-state index in [9.17, 15) is 22.9 Å². The van der Waals surface area contributed by atoms with Gasteiger partial charge in [0, 0.05) is 48.4 Å². The monoisotopic (exact) mass is 595 g/mol. The number of pyridine rings is 1. The topological polar surface area (TPSA) is 142 Å². The zero-order valence-corrected chi connectivity index (χ0v) is 23.9. The van der Waals surface area contributed by atoms with Gasteiger partial charge < -0.3 is 14.2 Å². The van der Waals surface area contributed by atoms with Crippen molar-refractivity contribution < 1.29 is 26.4 Å². The summed E-state index contributed by atoms with van der Waals surface area (Å²) in [5.41, 5.74) is 3.53. The second kappa shape index (κ2) is 10.4. The van der Waals surface area contributed by atoms with Crippen LogP contribution in [-0.2, 0) is 10.0 Å². The first-order chi connectivity index (χ1) is 20.6. The number of amides is 1. The summed E-state index contributed by atoms with van der Waals surface area (Å²) in [4.78, 5) is 21.8. The number of oxazole rings is 1. The van der Waals surface area contributed by atoms with E-state index in [0.717, 1.165) is 10.6 Å². The molecular weight excluding hydrogens is 573 g/mol. The molecule has 10 nitrogen and oxygen atoms in total. The maximum atomic E-state index is 13.7. The third-order valence-corrected chi connectivity index (χ3v) is 8.18. The Morgan fingerprint density at radius 3 is 2.42 bits per heavy atom. The zero-order valence-electron chi connectivity index (χ0n) is 23.0. The maximum absolute atomic E-state index is 13.7. The third-order valence-electron chi connectivity index (χ3n) is 6.99. The largest absolute Gasteiger partial charge is 0.455 e. The Bertz CT molecular complexity index is 2180. The molecule has 0 saturated heterocycles. The van der Waals surface area contributed by atoms with Crippen LogP contribution in [0, 0.1) is 17.1 Å². The number of nitriles is 1. The Morgan fingerprint density at radius 1 is 1.00 bits per heavy atom. The molecule has 12 heteroatoms. The standard InChI is InChI=1S/C31H22FN5O5S/c1-34-30(38)27-23-14-22(19-11-17(16-33)12-20(13-19)31-36-29-25(42-31)5-4-10-35-29)24(37(2)43(3,39)40)15-26(23)41-28(27)18-6-8-21(32)9-7-18/h4-15H,1-3H3,(H,34,38). The van der Waals surface area contributed by atoms with E-state index in [1.54, 1.807) is 42.6 Å². The van der Waals surface area contributed by atoms with E-state index < -0.39 is 21.7 Å². The lowest BCUT2D eigenvalue weighted by Crippen LogP contribution is -2.25. The van der Waals surface area contributed by atoms with Crippen molar-refractivity contribution in [2.24, 2.45) is 0 Å². The van der Waals surface area contributed by atoms with Gasteiger partial charge in [0.2, 0.25) is 15.9 Å². The molecule has 0 fully saturated rings. The molecule has 1 amide bonds. The lowest BCUT2D eigenvalue weighted by atomic mass is 9.95. The minimum absolute atomic E-state index is 0.181. The normalized spacial score (nSPS) is 11.5. The number of halogens is 1. The maximum Gasteiger partial charge on any atom is 0.255 e. The van der Waals surface area contributed by atoms with Crippen LogP contribution < -0.4 is 9.62 Å². The summed E-state index contributed by atoms with van der Waals surface area (Å²) >= 11 is 0. The second-order valence-electron chi connectivity index (χ2n) is 9.74. The molecule has 0 aliphatic carbocycles. The SMILES string of the molecule is CNC(=O)c1c(-c2ccc(F)cc2)oc2cc(N(C)S(C)(=O)=O)c(-c3cc(C#N)cc(-c4nc5ncccc5o4)c3)cc12. The Hall–Kier alpha value is -5.54. The van der Waals surface area contributed by atoms with E-state index in [1.807, 2.05) is 0 Å². The van der Waals surface area contributed by atoms with Crippen molar-refractivity contribution in [3.8, 4) is 40.0 Å². The van der Waals surface area contributed by atoms with Crippen LogP contribution in [0.4, 0.5) is 10.1 Å². The van der Waals surface area contributed by atoms with Crippen LogP contribution in [0.3, 0.4) is 0 Å². The molecule has 0 bridgehead atoms. The highest BCUT2D eigenvalue weighted by atomic mass is 32.2. The molecule has 214 valence electrons. The summed E-state index contributed by atoms with van der Waals surface area (Å²) in [5.74, 6) is -0.508. The molecule has 0 aliphatic rings. The number of rotatable bonds is 6. The van der Waals surface area contributed by atoms with Gasteiger partial charge in [-0.25, -0.2) is 17.8 Å². The van der Waals surface area contributed by atoms with Crippen molar-refractivity contribution in [2.45, 2.75) is 0 Å². The van der Waals surface area contributed by atoms with Gasteiger partial charge in [0.1, 0.15) is 17.2 Å². The first kappa shape index (κ1) is 27.6. The van der Waals surface area contributed by atoms with Crippen LogP contribution in [0.1, 0.15) is 15.9 Å². The Balaban J connectivity index is 1.65. The number of nitrogens with zero attached hydrogens (tertiary/aromatic N) is 4. The zero-order chi connectivity index (χ0) is 30.5. The molecule has 0 unspecified atom stereocenters. The van der Waals surface area contributed by atoms with E-state index in [1.165, 1.54) is 44.4 Å². The number of fused-ring (bicyclic) bond motifs is 2. The number of sulfonamides is 1. The van der Waals surface area contributed by atoms with Crippen LogP contribution in [0.25, 0.3) is 56.1 Å². The molecule has 6 rings (SSSR count). The lowest BCUT2D eigenvalue weighted by molar-refractivity contribution is 0.0964. The Morgan fingerprint density at radius 2 is 1.74 bits per heavy atom. The molecular formula is C31H22FN5O5S. The molecule has 3 aromatic carbocycles.